The van der Waals surface area contributed by atoms with Gasteiger partial charge in [0.1, 0.15) is 0 Å². The Morgan fingerprint density at radius 1 is 0.966 bits per heavy atom. The SMILES string of the molecule is O=C(Nc1nnc(S(=O)(=O)NCCCc2ccc(Cl)cc2)s1)c1ccc(Cl)cc1. The van der Waals surface area contributed by atoms with E-state index < -0.39 is 15.9 Å². The highest BCUT2D eigenvalue weighted by molar-refractivity contribution is 7.91. The summed E-state index contributed by atoms with van der Waals surface area (Å²) >= 11 is 12.4. The molecule has 0 fully saturated rings. The average Bonchev–Trinajstić information content (AvgIpc) is 3.16. The lowest BCUT2D eigenvalue weighted by molar-refractivity contribution is 0.102. The lowest BCUT2D eigenvalue weighted by Crippen LogP contribution is -2.25. The van der Waals surface area contributed by atoms with Crippen LogP contribution in [0.4, 0.5) is 5.13 Å². The van der Waals surface area contributed by atoms with E-state index in [2.05, 4.69) is 20.2 Å². The number of sulfonamides is 1. The Kier molecular flexibility index (Phi) is 7.20. The number of benzene rings is 2. The molecule has 11 heteroatoms. The normalized spacial score (nSPS) is 11.4. The zero-order valence-corrected chi connectivity index (χ0v) is 18.1. The highest BCUT2D eigenvalue weighted by Gasteiger charge is 2.20. The van der Waals surface area contributed by atoms with Gasteiger partial charge in [0.15, 0.2) is 0 Å². The first-order valence-corrected chi connectivity index (χ1v) is 11.5. The third-order valence-electron chi connectivity index (χ3n) is 3.81. The molecule has 0 bridgehead atoms. The summed E-state index contributed by atoms with van der Waals surface area (Å²) in [6, 6.07) is 13.7. The molecule has 0 aliphatic carbocycles. The predicted octanol–water partition coefficient (Wildman–Crippen LogP) is 4.01. The standard InChI is InChI=1S/C18H16Cl2N4O3S2/c19-14-7-3-12(4-8-14)2-1-11-21-29(26,27)18-24-23-17(28-18)22-16(25)13-5-9-15(20)10-6-13/h3-10,21H,1-2,11H2,(H,22,23,25). The van der Waals surface area contributed by atoms with Crippen LogP contribution in [0.3, 0.4) is 0 Å². The number of aryl methyl sites for hydroxylation is 1. The maximum Gasteiger partial charge on any atom is 0.269 e. The van der Waals surface area contributed by atoms with Crippen LogP contribution in [-0.2, 0) is 16.4 Å². The zero-order valence-electron chi connectivity index (χ0n) is 14.9. The number of amides is 1. The van der Waals surface area contributed by atoms with Crippen LogP contribution >= 0.6 is 34.5 Å². The molecular weight excluding hydrogens is 455 g/mol. The minimum absolute atomic E-state index is 0.0893. The van der Waals surface area contributed by atoms with E-state index in [1.54, 1.807) is 36.4 Å². The van der Waals surface area contributed by atoms with Crippen molar-refractivity contribution in [3.63, 3.8) is 0 Å². The molecule has 0 saturated carbocycles. The molecule has 3 aromatic rings. The van der Waals surface area contributed by atoms with Crippen LogP contribution in [0.25, 0.3) is 0 Å². The first-order valence-electron chi connectivity index (χ1n) is 8.48. The van der Waals surface area contributed by atoms with E-state index in [0.29, 0.717) is 28.5 Å². The summed E-state index contributed by atoms with van der Waals surface area (Å²) in [6.45, 7) is 0.247. The Balaban J connectivity index is 1.53. The fraction of sp³-hybridized carbons (Fsp3) is 0.167. The first kappa shape index (κ1) is 21.7. The molecular formula is C18H16Cl2N4O3S2. The van der Waals surface area contributed by atoms with Gasteiger partial charge in [0.05, 0.1) is 0 Å². The highest BCUT2D eigenvalue weighted by atomic mass is 35.5. The molecule has 0 saturated heterocycles. The minimum Gasteiger partial charge on any atom is -0.296 e. The summed E-state index contributed by atoms with van der Waals surface area (Å²) in [6.07, 6.45) is 1.32. The van der Waals surface area contributed by atoms with Crippen LogP contribution in [0.15, 0.2) is 52.9 Å². The summed E-state index contributed by atoms with van der Waals surface area (Å²) in [5.74, 6) is -0.433. The Morgan fingerprint density at radius 2 is 1.59 bits per heavy atom. The van der Waals surface area contributed by atoms with Crippen LogP contribution in [-0.4, -0.2) is 31.1 Å². The van der Waals surface area contributed by atoms with Gasteiger partial charge in [0.2, 0.25) is 9.47 Å². The van der Waals surface area contributed by atoms with E-state index in [-0.39, 0.29) is 16.0 Å². The molecule has 152 valence electrons. The van der Waals surface area contributed by atoms with E-state index in [4.69, 9.17) is 23.2 Å². The van der Waals surface area contributed by atoms with Gasteiger partial charge in [-0.15, -0.1) is 10.2 Å². The van der Waals surface area contributed by atoms with Gasteiger partial charge in [-0.2, -0.15) is 0 Å². The second kappa shape index (κ2) is 9.64. The van der Waals surface area contributed by atoms with Crippen molar-refractivity contribution in [2.45, 2.75) is 17.2 Å². The number of carbonyl (C=O) groups is 1. The van der Waals surface area contributed by atoms with Crippen molar-refractivity contribution < 1.29 is 13.2 Å². The molecule has 1 heterocycles. The van der Waals surface area contributed by atoms with E-state index >= 15 is 0 Å². The van der Waals surface area contributed by atoms with Gasteiger partial charge < -0.3 is 0 Å². The molecule has 0 radical (unpaired) electrons. The molecule has 2 aromatic carbocycles. The van der Waals surface area contributed by atoms with E-state index in [1.807, 2.05) is 12.1 Å². The van der Waals surface area contributed by atoms with Crippen LogP contribution < -0.4 is 10.0 Å². The number of nitrogens with one attached hydrogen (secondary N) is 2. The summed E-state index contributed by atoms with van der Waals surface area (Å²) in [5.41, 5.74) is 1.44. The van der Waals surface area contributed by atoms with Crippen molar-refractivity contribution in [1.29, 1.82) is 0 Å². The predicted molar refractivity (Wildman–Crippen MR) is 114 cm³/mol. The van der Waals surface area contributed by atoms with Crippen LogP contribution in [0, 0.1) is 0 Å². The highest BCUT2D eigenvalue weighted by Crippen LogP contribution is 2.21. The zero-order chi connectivity index (χ0) is 20.9. The first-order chi connectivity index (χ1) is 13.8. The van der Waals surface area contributed by atoms with Gasteiger partial charge in [-0.1, -0.05) is 46.7 Å². The number of hydrogen-bond acceptors (Lipinski definition) is 6. The van der Waals surface area contributed by atoms with Gasteiger partial charge in [0, 0.05) is 22.2 Å². The number of carbonyl (C=O) groups excluding carboxylic acids is 1. The number of anilines is 1. The Bertz CT molecular complexity index is 1090. The Hall–Kier alpha value is -2.04. The topological polar surface area (TPSA) is 101 Å². The molecule has 29 heavy (non-hydrogen) atoms. The van der Waals surface area contributed by atoms with Crippen LogP contribution in [0.1, 0.15) is 22.3 Å². The number of nitrogens with zero attached hydrogens (tertiary/aromatic N) is 2. The maximum absolute atomic E-state index is 12.3. The summed E-state index contributed by atoms with van der Waals surface area (Å²) in [7, 11) is -3.80. The van der Waals surface area contributed by atoms with Gasteiger partial charge in [-0.3, -0.25) is 10.1 Å². The summed E-state index contributed by atoms with van der Waals surface area (Å²) < 4.78 is 27.0. The van der Waals surface area contributed by atoms with Crippen molar-refractivity contribution in [3.05, 3.63) is 69.7 Å². The molecule has 2 N–H and O–H groups in total. The Morgan fingerprint density at radius 3 is 2.24 bits per heavy atom. The van der Waals surface area contributed by atoms with Crippen molar-refractivity contribution in [1.82, 2.24) is 14.9 Å². The number of rotatable bonds is 8. The van der Waals surface area contributed by atoms with Crippen molar-refractivity contribution in [3.8, 4) is 0 Å². The van der Waals surface area contributed by atoms with Gasteiger partial charge in [0.25, 0.3) is 15.9 Å². The summed E-state index contributed by atoms with van der Waals surface area (Å²) in [5, 5.41) is 11.2. The fourth-order valence-corrected chi connectivity index (χ4v) is 4.61. The smallest absolute Gasteiger partial charge is 0.269 e. The molecule has 1 aromatic heterocycles. The molecule has 1 amide bonds. The number of halogens is 2. The quantitative estimate of drug-likeness (QED) is 0.382. The largest absolute Gasteiger partial charge is 0.296 e. The van der Waals surface area contributed by atoms with Gasteiger partial charge in [-0.05, 0) is 54.8 Å². The molecule has 0 spiro atoms. The second-order valence-corrected chi connectivity index (χ2v) is 9.75. The summed E-state index contributed by atoms with van der Waals surface area (Å²) in [4.78, 5) is 12.2. The van der Waals surface area contributed by atoms with Crippen molar-refractivity contribution in [2.24, 2.45) is 0 Å². The maximum atomic E-state index is 12.3. The minimum atomic E-state index is -3.80. The van der Waals surface area contributed by atoms with Crippen LogP contribution in [0.2, 0.25) is 10.0 Å². The monoisotopic (exact) mass is 470 g/mol. The van der Waals surface area contributed by atoms with Crippen molar-refractivity contribution >= 4 is 55.6 Å². The van der Waals surface area contributed by atoms with E-state index in [1.165, 1.54) is 0 Å². The molecule has 3 rings (SSSR count). The molecule has 0 atom stereocenters. The third kappa shape index (κ3) is 6.22. The van der Waals surface area contributed by atoms with E-state index in [9.17, 15) is 13.2 Å². The number of hydrogen-bond donors (Lipinski definition) is 2. The number of aromatic nitrogens is 2. The second-order valence-electron chi connectivity index (χ2n) is 5.96. The lowest BCUT2D eigenvalue weighted by atomic mass is 10.1. The molecule has 7 nitrogen and oxygen atoms in total. The van der Waals surface area contributed by atoms with Gasteiger partial charge >= 0.3 is 0 Å². The average molecular weight is 471 g/mol. The third-order valence-corrected chi connectivity index (χ3v) is 6.98. The van der Waals surface area contributed by atoms with Crippen LogP contribution in [0.5, 0.6) is 0 Å². The molecule has 0 aliphatic rings. The fourth-order valence-electron chi connectivity index (χ4n) is 2.35. The molecule has 0 unspecified atom stereocenters. The van der Waals surface area contributed by atoms with E-state index in [0.717, 1.165) is 16.9 Å². The Labute approximate surface area is 182 Å². The lowest BCUT2D eigenvalue weighted by Gasteiger charge is -2.04. The van der Waals surface area contributed by atoms with Gasteiger partial charge in [-0.25, -0.2) is 13.1 Å². The molecule has 0 aliphatic heterocycles. The van der Waals surface area contributed by atoms with Crippen molar-refractivity contribution in [2.75, 3.05) is 11.9 Å².